The smallest absolute Gasteiger partial charge is 0.242 e. The fraction of sp³-hybridized carbons (Fsp3) is 0.286. The number of phenolic OH excluding ortho intramolecular Hbond substituents is 1. The molecule has 0 saturated heterocycles. The van der Waals surface area contributed by atoms with Gasteiger partial charge in [0.15, 0.2) is 0 Å². The molecule has 0 aromatic heterocycles. The fourth-order valence-electron chi connectivity index (χ4n) is 2.60. The summed E-state index contributed by atoms with van der Waals surface area (Å²) in [6.07, 6.45) is 0.728. The van der Waals surface area contributed by atoms with Crippen molar-refractivity contribution in [1.82, 2.24) is 16.0 Å². The number of aromatic hydroxyl groups is 1. The van der Waals surface area contributed by atoms with Crippen LogP contribution in [0, 0.1) is 5.41 Å². The maximum absolute atomic E-state index is 12.1. The monoisotopic (exact) mass is 397 g/mol. The Morgan fingerprint density at radius 1 is 1.07 bits per heavy atom. The van der Waals surface area contributed by atoms with Gasteiger partial charge in [-0.15, -0.1) is 0 Å². The van der Waals surface area contributed by atoms with Crippen molar-refractivity contribution >= 4 is 17.6 Å². The van der Waals surface area contributed by atoms with Gasteiger partial charge < -0.3 is 26.8 Å². The molecule has 0 aliphatic carbocycles. The van der Waals surface area contributed by atoms with Crippen LogP contribution < -0.4 is 21.7 Å². The molecule has 8 heteroatoms. The molecule has 2 rings (SSSR count). The second-order valence-electron chi connectivity index (χ2n) is 6.71. The zero-order valence-corrected chi connectivity index (χ0v) is 16.4. The van der Waals surface area contributed by atoms with Crippen LogP contribution in [0.1, 0.15) is 23.6 Å². The van der Waals surface area contributed by atoms with Gasteiger partial charge in [-0.25, -0.2) is 0 Å². The minimum atomic E-state index is -0.655. The van der Waals surface area contributed by atoms with Crippen molar-refractivity contribution in [2.45, 2.75) is 25.9 Å². The molecule has 7 N–H and O–H groups in total. The molecule has 0 heterocycles. The Morgan fingerprint density at radius 3 is 2.31 bits per heavy atom. The Bertz CT molecular complexity index is 834. The van der Waals surface area contributed by atoms with Gasteiger partial charge in [0.05, 0.1) is 6.54 Å². The highest BCUT2D eigenvalue weighted by molar-refractivity contribution is 5.94. The third-order valence-electron chi connectivity index (χ3n) is 4.31. The maximum atomic E-state index is 12.1. The molecule has 0 aliphatic heterocycles. The summed E-state index contributed by atoms with van der Waals surface area (Å²) in [5.74, 6) is -0.322. The first-order chi connectivity index (χ1) is 13.8. The minimum absolute atomic E-state index is 0.00593. The molecule has 0 saturated carbocycles. The summed E-state index contributed by atoms with van der Waals surface area (Å²) in [7, 11) is 0. The van der Waals surface area contributed by atoms with Crippen molar-refractivity contribution in [2.75, 3.05) is 13.1 Å². The lowest BCUT2D eigenvalue weighted by molar-refractivity contribution is -0.128. The number of hydrogen-bond acceptors (Lipinski definition) is 5. The normalized spacial score (nSPS) is 11.5. The highest BCUT2D eigenvalue weighted by Crippen LogP contribution is 2.09. The molecule has 0 spiro atoms. The topological polar surface area (TPSA) is 140 Å². The summed E-state index contributed by atoms with van der Waals surface area (Å²) in [5, 5.41) is 25.1. The molecule has 2 aromatic rings. The highest BCUT2D eigenvalue weighted by atomic mass is 16.3. The highest BCUT2D eigenvalue weighted by Gasteiger charge is 2.15. The van der Waals surface area contributed by atoms with E-state index in [4.69, 9.17) is 11.1 Å². The van der Waals surface area contributed by atoms with E-state index >= 15 is 0 Å². The number of rotatable bonds is 10. The second kappa shape index (κ2) is 10.8. The van der Waals surface area contributed by atoms with Crippen LogP contribution in [-0.4, -0.2) is 41.9 Å². The van der Waals surface area contributed by atoms with Crippen LogP contribution in [0.25, 0.3) is 0 Å². The van der Waals surface area contributed by atoms with Gasteiger partial charge in [-0.05, 0) is 43.1 Å². The van der Waals surface area contributed by atoms with E-state index in [0.717, 1.165) is 17.5 Å². The van der Waals surface area contributed by atoms with Crippen LogP contribution in [-0.2, 0) is 22.6 Å². The van der Waals surface area contributed by atoms with Crippen molar-refractivity contribution < 1.29 is 14.7 Å². The predicted molar refractivity (Wildman–Crippen MR) is 112 cm³/mol. The Labute approximate surface area is 170 Å². The minimum Gasteiger partial charge on any atom is -0.508 e. The number of nitrogens with two attached hydrogens (primary N) is 1. The summed E-state index contributed by atoms with van der Waals surface area (Å²) in [4.78, 5) is 24.1. The number of hydrogen-bond donors (Lipinski definition) is 6. The molecule has 2 amide bonds. The fourth-order valence-corrected chi connectivity index (χ4v) is 2.60. The molecule has 0 aliphatic rings. The zero-order chi connectivity index (χ0) is 21.2. The van der Waals surface area contributed by atoms with E-state index in [1.165, 1.54) is 0 Å². The lowest BCUT2D eigenvalue weighted by Gasteiger charge is -2.14. The molecule has 0 fully saturated rings. The van der Waals surface area contributed by atoms with Crippen molar-refractivity contribution in [2.24, 2.45) is 5.73 Å². The molecule has 8 nitrogen and oxygen atoms in total. The number of nitrogen functional groups attached to an aromatic ring is 1. The number of carbonyl (C=O) groups is 2. The molecule has 0 radical (unpaired) electrons. The summed E-state index contributed by atoms with van der Waals surface area (Å²) < 4.78 is 0. The lowest BCUT2D eigenvalue weighted by Crippen LogP contribution is -2.47. The first-order valence-corrected chi connectivity index (χ1v) is 9.34. The number of amides is 2. The third-order valence-corrected chi connectivity index (χ3v) is 4.31. The van der Waals surface area contributed by atoms with Crippen LogP contribution in [0.4, 0.5) is 0 Å². The van der Waals surface area contributed by atoms with Crippen molar-refractivity contribution in [1.29, 1.82) is 5.41 Å². The van der Waals surface area contributed by atoms with E-state index in [2.05, 4.69) is 16.0 Å². The molecular weight excluding hydrogens is 370 g/mol. The standard InChI is InChI=1S/C21H27N5O3/c1-14(21(29)25-12-16-2-6-17(7-3-16)20(22)23)26-19(28)13-24-11-10-15-4-8-18(27)9-5-15/h2-9,14,24,27H,10-13H2,1H3,(H3,22,23)(H,25,29)(H,26,28). The predicted octanol–water partition coefficient (Wildman–Crippen LogP) is 0.629. The Kier molecular flexibility index (Phi) is 8.17. The molecule has 2 aromatic carbocycles. The first-order valence-electron chi connectivity index (χ1n) is 9.34. The Balaban J connectivity index is 1.65. The Morgan fingerprint density at radius 2 is 1.69 bits per heavy atom. The first kappa shape index (κ1) is 21.9. The van der Waals surface area contributed by atoms with E-state index in [0.29, 0.717) is 18.7 Å². The Hall–Kier alpha value is -3.39. The van der Waals surface area contributed by atoms with Crippen LogP contribution >= 0.6 is 0 Å². The molecule has 154 valence electrons. The lowest BCUT2D eigenvalue weighted by atomic mass is 10.1. The summed E-state index contributed by atoms with van der Waals surface area (Å²) in [6, 6.07) is 13.3. The average molecular weight is 397 g/mol. The van der Waals surface area contributed by atoms with E-state index in [1.54, 1.807) is 43.3 Å². The van der Waals surface area contributed by atoms with E-state index in [1.807, 2.05) is 12.1 Å². The van der Waals surface area contributed by atoms with Crippen molar-refractivity contribution in [3.8, 4) is 5.75 Å². The number of amidine groups is 1. The SMILES string of the molecule is CC(NC(=O)CNCCc1ccc(O)cc1)C(=O)NCc1ccc(C(=N)N)cc1. The number of carbonyl (C=O) groups excluding carboxylic acids is 2. The second-order valence-corrected chi connectivity index (χ2v) is 6.71. The third kappa shape index (κ3) is 7.63. The van der Waals surface area contributed by atoms with Crippen LogP contribution in [0.15, 0.2) is 48.5 Å². The number of nitrogens with one attached hydrogen (secondary N) is 4. The van der Waals surface area contributed by atoms with Gasteiger partial charge in [-0.2, -0.15) is 0 Å². The van der Waals surface area contributed by atoms with E-state index in [9.17, 15) is 14.7 Å². The van der Waals surface area contributed by atoms with Gasteiger partial charge in [0.1, 0.15) is 17.6 Å². The average Bonchev–Trinajstić information content (AvgIpc) is 2.71. The van der Waals surface area contributed by atoms with Crippen molar-refractivity contribution in [3.63, 3.8) is 0 Å². The largest absolute Gasteiger partial charge is 0.508 e. The van der Waals surface area contributed by atoms with Gasteiger partial charge in [-0.3, -0.25) is 15.0 Å². The van der Waals surface area contributed by atoms with Gasteiger partial charge in [-0.1, -0.05) is 36.4 Å². The quantitative estimate of drug-likeness (QED) is 0.198. The zero-order valence-electron chi connectivity index (χ0n) is 16.4. The van der Waals surface area contributed by atoms with Gasteiger partial charge in [0.25, 0.3) is 0 Å². The van der Waals surface area contributed by atoms with Gasteiger partial charge in [0, 0.05) is 12.1 Å². The molecule has 1 unspecified atom stereocenters. The number of benzene rings is 2. The molecular formula is C21H27N5O3. The van der Waals surface area contributed by atoms with Gasteiger partial charge in [0.2, 0.25) is 11.8 Å². The summed E-state index contributed by atoms with van der Waals surface area (Å²) >= 11 is 0. The van der Waals surface area contributed by atoms with Crippen LogP contribution in [0.3, 0.4) is 0 Å². The molecule has 1 atom stereocenters. The van der Waals surface area contributed by atoms with E-state index < -0.39 is 6.04 Å². The molecule has 0 bridgehead atoms. The number of phenols is 1. The van der Waals surface area contributed by atoms with Crippen LogP contribution in [0.5, 0.6) is 5.75 Å². The summed E-state index contributed by atoms with van der Waals surface area (Å²) in [5.41, 5.74) is 7.96. The van der Waals surface area contributed by atoms with Crippen molar-refractivity contribution in [3.05, 3.63) is 65.2 Å². The molecule has 29 heavy (non-hydrogen) atoms. The van der Waals surface area contributed by atoms with Crippen LogP contribution in [0.2, 0.25) is 0 Å². The maximum Gasteiger partial charge on any atom is 0.242 e. The van der Waals surface area contributed by atoms with Gasteiger partial charge >= 0.3 is 0 Å². The summed E-state index contributed by atoms with van der Waals surface area (Å²) in [6.45, 7) is 2.67. The van der Waals surface area contributed by atoms with E-state index in [-0.39, 0.29) is 29.9 Å².